The molecule has 2 aromatic carbocycles. The fourth-order valence-corrected chi connectivity index (χ4v) is 4.38. The molecule has 1 fully saturated rings. The van der Waals surface area contributed by atoms with Crippen molar-refractivity contribution in [3.63, 3.8) is 0 Å². The van der Waals surface area contributed by atoms with Gasteiger partial charge in [-0.3, -0.25) is 9.59 Å². The number of halogens is 1. The molecular formula is C27H30FN3O4. The van der Waals surface area contributed by atoms with Crippen LogP contribution in [0.4, 0.5) is 4.39 Å². The fraction of sp³-hybridized carbons (Fsp3) is 0.370. The highest BCUT2D eigenvalue weighted by Gasteiger charge is 2.28. The first-order valence-corrected chi connectivity index (χ1v) is 12.0. The summed E-state index contributed by atoms with van der Waals surface area (Å²) in [4.78, 5) is 27.6. The predicted octanol–water partition coefficient (Wildman–Crippen LogP) is 4.77. The van der Waals surface area contributed by atoms with Crippen LogP contribution in [0.15, 0.2) is 59.1 Å². The smallest absolute Gasteiger partial charge is 0.273 e. The molecule has 1 saturated carbocycles. The van der Waals surface area contributed by atoms with E-state index in [1.807, 2.05) is 24.3 Å². The molecule has 1 N–H and O–H groups in total. The van der Waals surface area contributed by atoms with Gasteiger partial charge >= 0.3 is 0 Å². The van der Waals surface area contributed by atoms with E-state index >= 15 is 0 Å². The molecule has 3 aromatic rings. The molecular weight excluding hydrogens is 449 g/mol. The summed E-state index contributed by atoms with van der Waals surface area (Å²) < 4.78 is 23.9. The first kappa shape index (κ1) is 24.4. The molecule has 0 radical (unpaired) electrons. The maximum absolute atomic E-state index is 13.4. The molecule has 0 spiro atoms. The molecule has 1 aromatic heterocycles. The Morgan fingerprint density at radius 3 is 2.49 bits per heavy atom. The lowest BCUT2D eigenvalue weighted by atomic mass is 9.93. The molecule has 0 atom stereocenters. The van der Waals surface area contributed by atoms with Crippen LogP contribution in [0.25, 0.3) is 0 Å². The molecule has 1 aliphatic rings. The summed E-state index contributed by atoms with van der Waals surface area (Å²) in [5.74, 6) is 0.324. The Hall–Kier alpha value is -3.68. The molecule has 0 bridgehead atoms. The van der Waals surface area contributed by atoms with Gasteiger partial charge in [0.1, 0.15) is 11.6 Å². The van der Waals surface area contributed by atoms with E-state index in [2.05, 4.69) is 10.5 Å². The van der Waals surface area contributed by atoms with Crippen LogP contribution in [0.1, 0.15) is 64.3 Å². The SMILES string of the molecule is COc1ccc(CCNC(=O)c2cc(CN(C(=O)c3ccc(F)cc3)C3CCCCC3)on2)cc1. The number of rotatable bonds is 9. The Morgan fingerprint density at radius 2 is 1.80 bits per heavy atom. The van der Waals surface area contributed by atoms with Crippen molar-refractivity contribution in [2.75, 3.05) is 13.7 Å². The summed E-state index contributed by atoms with van der Waals surface area (Å²) in [7, 11) is 1.62. The van der Waals surface area contributed by atoms with Crippen LogP contribution < -0.4 is 10.1 Å². The normalized spacial score (nSPS) is 13.9. The highest BCUT2D eigenvalue weighted by atomic mass is 19.1. The fourth-order valence-electron chi connectivity index (χ4n) is 4.38. The van der Waals surface area contributed by atoms with Gasteiger partial charge in [0.05, 0.1) is 13.7 Å². The summed E-state index contributed by atoms with van der Waals surface area (Å²) in [6, 6.07) is 14.9. The maximum Gasteiger partial charge on any atom is 0.273 e. The van der Waals surface area contributed by atoms with Gasteiger partial charge in [-0.05, 0) is 61.2 Å². The number of methoxy groups -OCH3 is 1. The highest BCUT2D eigenvalue weighted by Crippen LogP contribution is 2.26. The Bertz CT molecular complexity index is 1120. The number of carbonyl (C=O) groups is 2. The molecule has 0 unspecified atom stereocenters. The molecule has 4 rings (SSSR count). The van der Waals surface area contributed by atoms with Crippen molar-refractivity contribution < 1.29 is 23.2 Å². The first-order valence-electron chi connectivity index (χ1n) is 12.0. The van der Waals surface area contributed by atoms with Crippen LogP contribution in [-0.4, -0.2) is 41.6 Å². The van der Waals surface area contributed by atoms with E-state index in [0.29, 0.717) is 24.3 Å². The third-order valence-electron chi connectivity index (χ3n) is 6.34. The largest absolute Gasteiger partial charge is 0.497 e. The van der Waals surface area contributed by atoms with Crippen molar-refractivity contribution in [1.82, 2.24) is 15.4 Å². The van der Waals surface area contributed by atoms with E-state index in [9.17, 15) is 14.0 Å². The molecule has 0 saturated heterocycles. The van der Waals surface area contributed by atoms with E-state index in [1.54, 1.807) is 18.1 Å². The Morgan fingerprint density at radius 1 is 1.09 bits per heavy atom. The number of hydrogen-bond donors (Lipinski definition) is 1. The zero-order valence-electron chi connectivity index (χ0n) is 19.8. The van der Waals surface area contributed by atoms with Gasteiger partial charge < -0.3 is 19.5 Å². The summed E-state index contributed by atoms with van der Waals surface area (Å²) in [6.45, 7) is 0.650. The second-order valence-corrected chi connectivity index (χ2v) is 8.76. The third-order valence-corrected chi connectivity index (χ3v) is 6.34. The van der Waals surface area contributed by atoms with Gasteiger partial charge in [0, 0.05) is 24.2 Å². The molecule has 35 heavy (non-hydrogen) atoms. The number of carbonyl (C=O) groups excluding carboxylic acids is 2. The van der Waals surface area contributed by atoms with Crippen LogP contribution in [0.2, 0.25) is 0 Å². The number of benzene rings is 2. The number of ether oxygens (including phenoxy) is 1. The molecule has 2 amide bonds. The molecule has 0 aliphatic heterocycles. The van der Waals surface area contributed by atoms with Crippen molar-refractivity contribution in [2.24, 2.45) is 0 Å². The summed E-state index contributed by atoms with van der Waals surface area (Å²) >= 11 is 0. The third kappa shape index (κ3) is 6.47. The predicted molar refractivity (Wildman–Crippen MR) is 129 cm³/mol. The number of nitrogens with zero attached hydrogens (tertiary/aromatic N) is 2. The van der Waals surface area contributed by atoms with Crippen molar-refractivity contribution in [2.45, 2.75) is 51.1 Å². The van der Waals surface area contributed by atoms with Crippen molar-refractivity contribution >= 4 is 11.8 Å². The average Bonchev–Trinajstić information content (AvgIpc) is 3.37. The first-order chi connectivity index (χ1) is 17.0. The summed E-state index contributed by atoms with van der Waals surface area (Å²) in [6.07, 6.45) is 5.73. The molecule has 8 heteroatoms. The minimum atomic E-state index is -0.386. The number of hydrogen-bond acceptors (Lipinski definition) is 5. The van der Waals surface area contributed by atoms with Crippen LogP contribution in [0.5, 0.6) is 5.75 Å². The lowest BCUT2D eigenvalue weighted by molar-refractivity contribution is 0.0590. The van der Waals surface area contributed by atoms with Crippen molar-refractivity contribution in [3.8, 4) is 5.75 Å². The van der Waals surface area contributed by atoms with Crippen LogP contribution in [0.3, 0.4) is 0 Å². The van der Waals surface area contributed by atoms with Crippen LogP contribution >= 0.6 is 0 Å². The summed E-state index contributed by atoms with van der Waals surface area (Å²) in [5, 5.41) is 6.77. The van der Waals surface area contributed by atoms with E-state index in [1.165, 1.54) is 24.3 Å². The van der Waals surface area contributed by atoms with Gasteiger partial charge in [0.15, 0.2) is 11.5 Å². The number of aromatic nitrogens is 1. The monoisotopic (exact) mass is 479 g/mol. The lowest BCUT2D eigenvalue weighted by Gasteiger charge is -2.33. The standard InChI is InChI=1S/C27H30FN3O4/c1-34-23-13-7-19(8-14-23)15-16-29-26(32)25-17-24(35-30-25)18-31(22-5-3-2-4-6-22)27(33)20-9-11-21(28)12-10-20/h7-14,17,22H,2-6,15-16,18H2,1H3,(H,29,32). The molecule has 1 heterocycles. The second-order valence-electron chi connectivity index (χ2n) is 8.76. The number of amides is 2. The van der Waals surface area contributed by atoms with E-state index in [0.717, 1.165) is 43.4 Å². The number of nitrogens with one attached hydrogen (secondary N) is 1. The highest BCUT2D eigenvalue weighted by molar-refractivity contribution is 5.94. The second kappa shape index (κ2) is 11.6. The quantitative estimate of drug-likeness (QED) is 0.478. The van der Waals surface area contributed by atoms with Crippen LogP contribution in [-0.2, 0) is 13.0 Å². The van der Waals surface area contributed by atoms with Gasteiger partial charge in [0.2, 0.25) is 0 Å². The van der Waals surface area contributed by atoms with E-state index in [-0.39, 0.29) is 35.9 Å². The molecule has 184 valence electrons. The van der Waals surface area contributed by atoms with Crippen molar-refractivity contribution in [1.29, 1.82) is 0 Å². The van der Waals surface area contributed by atoms with Crippen molar-refractivity contribution in [3.05, 3.63) is 83.0 Å². The van der Waals surface area contributed by atoms with Gasteiger partial charge in [0.25, 0.3) is 11.8 Å². The Labute approximate surface area is 204 Å². The maximum atomic E-state index is 13.4. The summed E-state index contributed by atoms with van der Waals surface area (Å²) in [5.41, 5.74) is 1.68. The Kier molecular flexibility index (Phi) is 8.13. The van der Waals surface area contributed by atoms with Gasteiger partial charge in [-0.25, -0.2) is 4.39 Å². The van der Waals surface area contributed by atoms with Gasteiger partial charge in [-0.15, -0.1) is 0 Å². The van der Waals surface area contributed by atoms with Crippen LogP contribution in [0, 0.1) is 5.82 Å². The van der Waals surface area contributed by atoms with Gasteiger partial charge in [-0.1, -0.05) is 36.6 Å². The van der Waals surface area contributed by atoms with E-state index < -0.39 is 0 Å². The van der Waals surface area contributed by atoms with E-state index in [4.69, 9.17) is 9.26 Å². The Balaban J connectivity index is 1.38. The topological polar surface area (TPSA) is 84.7 Å². The molecule has 7 nitrogen and oxygen atoms in total. The zero-order valence-corrected chi connectivity index (χ0v) is 19.8. The molecule has 1 aliphatic carbocycles. The minimum Gasteiger partial charge on any atom is -0.497 e. The average molecular weight is 480 g/mol. The van der Waals surface area contributed by atoms with Gasteiger partial charge in [-0.2, -0.15) is 0 Å². The zero-order chi connectivity index (χ0) is 24.6. The minimum absolute atomic E-state index is 0.0631. The lowest BCUT2D eigenvalue weighted by Crippen LogP contribution is -2.40.